The second-order valence-electron chi connectivity index (χ2n) is 7.13. The van der Waals surface area contributed by atoms with Crippen molar-refractivity contribution in [1.29, 1.82) is 0 Å². The molecule has 4 N–H and O–H groups in total. The Balaban J connectivity index is 1.49. The van der Waals surface area contributed by atoms with Gasteiger partial charge in [0.15, 0.2) is 0 Å². The van der Waals surface area contributed by atoms with Crippen LogP contribution >= 0.6 is 0 Å². The molecule has 29 heavy (non-hydrogen) atoms. The molecule has 8 heteroatoms. The third kappa shape index (κ3) is 3.62. The van der Waals surface area contributed by atoms with Gasteiger partial charge in [-0.1, -0.05) is 12.1 Å². The number of amides is 4. The summed E-state index contributed by atoms with van der Waals surface area (Å²) in [5, 5.41) is 5.11. The lowest BCUT2D eigenvalue weighted by atomic mass is 10.0. The first-order valence-electron chi connectivity index (χ1n) is 9.34. The molecule has 1 unspecified atom stereocenters. The summed E-state index contributed by atoms with van der Waals surface area (Å²) in [6.45, 7) is 0.666. The molecule has 148 valence electrons. The number of nitrogens with one attached hydrogen (secondary N) is 2. The van der Waals surface area contributed by atoms with Crippen molar-refractivity contribution >= 4 is 29.3 Å². The van der Waals surface area contributed by atoms with E-state index in [2.05, 4.69) is 10.6 Å². The number of benzene rings is 2. The predicted molar refractivity (Wildman–Crippen MR) is 105 cm³/mol. The van der Waals surface area contributed by atoms with E-state index in [1.807, 2.05) is 0 Å². The third-order valence-electron chi connectivity index (χ3n) is 5.23. The molecule has 0 spiro atoms. The summed E-state index contributed by atoms with van der Waals surface area (Å²) in [5.41, 5.74) is 8.81. The number of nitrogens with two attached hydrogens (primary N) is 1. The lowest BCUT2D eigenvalue weighted by Crippen LogP contribution is -2.52. The molecule has 2 aromatic carbocycles. The number of fused-ring (bicyclic) bond motifs is 1. The molecule has 2 aliphatic heterocycles. The van der Waals surface area contributed by atoms with E-state index in [0.29, 0.717) is 29.8 Å². The average Bonchev–Trinajstić information content (AvgIpc) is 3.03. The van der Waals surface area contributed by atoms with E-state index < -0.39 is 11.9 Å². The molecule has 0 bridgehead atoms. The number of carbonyl (C=O) groups is 4. The largest absolute Gasteiger partial charge is 0.326 e. The molecular weight excluding hydrogens is 372 g/mol. The van der Waals surface area contributed by atoms with Gasteiger partial charge in [-0.15, -0.1) is 0 Å². The van der Waals surface area contributed by atoms with E-state index in [1.165, 1.54) is 4.90 Å². The van der Waals surface area contributed by atoms with Gasteiger partial charge in [-0.3, -0.25) is 24.5 Å². The highest BCUT2D eigenvalue weighted by Gasteiger charge is 2.39. The minimum atomic E-state index is -0.660. The fourth-order valence-electron chi connectivity index (χ4n) is 3.65. The van der Waals surface area contributed by atoms with Crippen molar-refractivity contribution < 1.29 is 19.2 Å². The van der Waals surface area contributed by atoms with E-state index in [9.17, 15) is 19.2 Å². The van der Waals surface area contributed by atoms with Gasteiger partial charge in [0.2, 0.25) is 11.8 Å². The molecule has 1 atom stereocenters. The van der Waals surface area contributed by atoms with Gasteiger partial charge >= 0.3 is 0 Å². The normalized spacial score (nSPS) is 18.4. The topological polar surface area (TPSA) is 122 Å². The van der Waals surface area contributed by atoms with Crippen molar-refractivity contribution in [2.45, 2.75) is 32.0 Å². The molecule has 4 amide bonds. The fraction of sp³-hybridized carbons (Fsp3) is 0.238. The molecule has 2 aliphatic rings. The maximum Gasteiger partial charge on any atom is 0.255 e. The summed E-state index contributed by atoms with van der Waals surface area (Å²) in [5.74, 6) is -1.28. The second kappa shape index (κ2) is 7.48. The first-order chi connectivity index (χ1) is 14.0. The van der Waals surface area contributed by atoms with Crippen LogP contribution in [0.25, 0.3) is 0 Å². The predicted octanol–water partition coefficient (Wildman–Crippen LogP) is 1.16. The van der Waals surface area contributed by atoms with Crippen LogP contribution in [0.5, 0.6) is 0 Å². The van der Waals surface area contributed by atoms with Crippen molar-refractivity contribution in [2.24, 2.45) is 5.73 Å². The number of carbonyl (C=O) groups excluding carboxylic acids is 4. The first-order valence-corrected chi connectivity index (χ1v) is 9.34. The van der Waals surface area contributed by atoms with E-state index in [0.717, 1.165) is 11.1 Å². The van der Waals surface area contributed by atoms with Crippen molar-refractivity contribution in [3.63, 3.8) is 0 Å². The molecule has 2 heterocycles. The standard InChI is InChI=1S/C21H20N4O4/c22-10-12-1-3-13(4-2-12)19(27)23-15-5-6-16-14(9-15)11-25(21(16)29)17-7-8-18(26)24-20(17)28/h1-6,9,17H,7-8,10-11,22H2,(H,23,27)(H,24,26,28). The zero-order valence-corrected chi connectivity index (χ0v) is 15.6. The van der Waals surface area contributed by atoms with Gasteiger partial charge in [0.05, 0.1) is 0 Å². The highest BCUT2D eigenvalue weighted by Crippen LogP contribution is 2.29. The number of hydrogen-bond donors (Lipinski definition) is 3. The number of anilines is 1. The summed E-state index contributed by atoms with van der Waals surface area (Å²) in [6.07, 6.45) is 0.521. The Morgan fingerprint density at radius 1 is 1.14 bits per heavy atom. The maximum absolute atomic E-state index is 12.7. The van der Waals surface area contributed by atoms with E-state index in [-0.39, 0.29) is 30.7 Å². The van der Waals surface area contributed by atoms with Crippen LogP contribution in [0.4, 0.5) is 5.69 Å². The Labute approximate surface area is 167 Å². The minimum absolute atomic E-state index is 0.209. The van der Waals surface area contributed by atoms with Gasteiger partial charge < -0.3 is 16.0 Å². The van der Waals surface area contributed by atoms with E-state index in [4.69, 9.17) is 5.73 Å². The average molecular weight is 392 g/mol. The number of piperidine rings is 1. The summed E-state index contributed by atoms with van der Waals surface area (Å²) in [7, 11) is 0. The SMILES string of the molecule is NCc1ccc(C(=O)Nc2ccc3c(c2)CN(C2CCC(=O)NC2=O)C3=O)cc1. The van der Waals surface area contributed by atoms with Crippen molar-refractivity contribution in [1.82, 2.24) is 10.2 Å². The van der Waals surface area contributed by atoms with E-state index >= 15 is 0 Å². The van der Waals surface area contributed by atoms with Gasteiger partial charge in [0.1, 0.15) is 6.04 Å². The van der Waals surface area contributed by atoms with Crippen LogP contribution in [-0.4, -0.2) is 34.6 Å². The molecular formula is C21H20N4O4. The lowest BCUT2D eigenvalue weighted by Gasteiger charge is -2.29. The third-order valence-corrected chi connectivity index (χ3v) is 5.23. The number of nitrogens with zero attached hydrogens (tertiary/aromatic N) is 1. The Morgan fingerprint density at radius 2 is 1.90 bits per heavy atom. The Kier molecular flexibility index (Phi) is 4.85. The summed E-state index contributed by atoms with van der Waals surface area (Å²) in [6, 6.07) is 11.4. The van der Waals surface area contributed by atoms with Gasteiger partial charge in [-0.05, 0) is 47.9 Å². The van der Waals surface area contributed by atoms with Gasteiger partial charge in [0, 0.05) is 36.3 Å². The first kappa shape index (κ1) is 18.8. The van der Waals surface area contributed by atoms with Crippen molar-refractivity contribution in [2.75, 3.05) is 5.32 Å². The van der Waals surface area contributed by atoms with Crippen LogP contribution in [-0.2, 0) is 22.7 Å². The minimum Gasteiger partial charge on any atom is -0.326 e. The highest BCUT2D eigenvalue weighted by molar-refractivity contribution is 6.07. The lowest BCUT2D eigenvalue weighted by molar-refractivity contribution is -0.136. The maximum atomic E-state index is 12.7. The fourth-order valence-corrected chi connectivity index (χ4v) is 3.65. The van der Waals surface area contributed by atoms with Gasteiger partial charge in [0.25, 0.3) is 11.8 Å². The summed E-state index contributed by atoms with van der Waals surface area (Å²) >= 11 is 0. The molecule has 0 radical (unpaired) electrons. The second-order valence-corrected chi connectivity index (χ2v) is 7.13. The Hall–Kier alpha value is -3.52. The molecule has 2 aromatic rings. The van der Waals surface area contributed by atoms with Crippen LogP contribution in [0.3, 0.4) is 0 Å². The Morgan fingerprint density at radius 3 is 2.59 bits per heavy atom. The molecule has 1 saturated heterocycles. The number of imide groups is 1. The summed E-state index contributed by atoms with van der Waals surface area (Å²) < 4.78 is 0. The highest BCUT2D eigenvalue weighted by atomic mass is 16.2. The Bertz CT molecular complexity index is 1020. The number of hydrogen-bond acceptors (Lipinski definition) is 5. The molecule has 1 fully saturated rings. The molecule has 0 aromatic heterocycles. The monoisotopic (exact) mass is 392 g/mol. The van der Waals surface area contributed by atoms with Crippen LogP contribution in [0.1, 0.15) is 44.7 Å². The molecule has 0 aliphatic carbocycles. The summed E-state index contributed by atoms with van der Waals surface area (Å²) in [4.78, 5) is 50.1. The van der Waals surface area contributed by atoms with Crippen LogP contribution < -0.4 is 16.4 Å². The van der Waals surface area contributed by atoms with E-state index in [1.54, 1.807) is 42.5 Å². The van der Waals surface area contributed by atoms with Crippen LogP contribution in [0.15, 0.2) is 42.5 Å². The van der Waals surface area contributed by atoms with Crippen molar-refractivity contribution in [3.05, 3.63) is 64.7 Å². The molecule has 0 saturated carbocycles. The van der Waals surface area contributed by atoms with Gasteiger partial charge in [-0.2, -0.15) is 0 Å². The van der Waals surface area contributed by atoms with Crippen LogP contribution in [0.2, 0.25) is 0 Å². The molecule has 8 nitrogen and oxygen atoms in total. The van der Waals surface area contributed by atoms with Crippen molar-refractivity contribution in [3.8, 4) is 0 Å². The zero-order chi connectivity index (χ0) is 20.5. The van der Waals surface area contributed by atoms with Gasteiger partial charge in [-0.25, -0.2) is 0 Å². The zero-order valence-electron chi connectivity index (χ0n) is 15.6. The van der Waals surface area contributed by atoms with Crippen LogP contribution in [0, 0.1) is 0 Å². The quantitative estimate of drug-likeness (QED) is 0.674. The smallest absolute Gasteiger partial charge is 0.255 e. The molecule has 4 rings (SSSR count). The number of rotatable bonds is 4.